The summed E-state index contributed by atoms with van der Waals surface area (Å²) in [4.78, 5) is 10.9. The van der Waals surface area contributed by atoms with Gasteiger partial charge >= 0.3 is 0 Å². The number of benzene rings is 2. The zero-order valence-corrected chi connectivity index (χ0v) is 11.7. The Balaban J connectivity index is 2.15. The van der Waals surface area contributed by atoms with Crippen LogP contribution in [0.15, 0.2) is 36.4 Å². The monoisotopic (exact) mass is 313 g/mol. The molecule has 0 aromatic heterocycles. The van der Waals surface area contributed by atoms with Crippen LogP contribution in [-0.2, 0) is 6.61 Å². The fourth-order valence-electron chi connectivity index (χ4n) is 1.56. The van der Waals surface area contributed by atoms with E-state index < -0.39 is 11.7 Å². The first-order valence-electron chi connectivity index (χ1n) is 5.63. The third kappa shape index (κ3) is 3.40. The number of amides is 1. The molecule has 2 aromatic rings. The highest BCUT2D eigenvalue weighted by Crippen LogP contribution is 2.28. The topological polar surface area (TPSA) is 52.3 Å². The highest BCUT2D eigenvalue weighted by Gasteiger charge is 2.09. The molecule has 0 bridgehead atoms. The summed E-state index contributed by atoms with van der Waals surface area (Å²) in [5.74, 6) is -0.897. The number of rotatable bonds is 4. The van der Waals surface area contributed by atoms with Crippen LogP contribution >= 0.6 is 23.2 Å². The van der Waals surface area contributed by atoms with E-state index in [0.29, 0.717) is 15.8 Å². The van der Waals surface area contributed by atoms with Gasteiger partial charge in [0.25, 0.3) is 0 Å². The molecule has 104 valence electrons. The van der Waals surface area contributed by atoms with Crippen LogP contribution in [0.4, 0.5) is 4.39 Å². The van der Waals surface area contributed by atoms with Gasteiger partial charge in [0.05, 0.1) is 5.02 Å². The largest absolute Gasteiger partial charge is 0.487 e. The lowest BCUT2D eigenvalue weighted by Gasteiger charge is -2.09. The van der Waals surface area contributed by atoms with Crippen molar-refractivity contribution in [2.75, 3.05) is 0 Å². The van der Waals surface area contributed by atoms with Crippen LogP contribution in [0, 0.1) is 5.82 Å². The fraction of sp³-hybridized carbons (Fsp3) is 0.0714. The van der Waals surface area contributed by atoms with Crippen molar-refractivity contribution >= 4 is 29.1 Å². The summed E-state index contributed by atoms with van der Waals surface area (Å²) < 4.78 is 19.2. The number of ether oxygens (including phenoxy) is 1. The molecule has 0 saturated carbocycles. The van der Waals surface area contributed by atoms with Crippen molar-refractivity contribution in [2.24, 2.45) is 5.73 Å². The number of hydrogen-bond acceptors (Lipinski definition) is 2. The van der Waals surface area contributed by atoms with Crippen molar-refractivity contribution in [3.05, 3.63) is 63.4 Å². The van der Waals surface area contributed by atoms with E-state index in [2.05, 4.69) is 0 Å². The van der Waals surface area contributed by atoms with Gasteiger partial charge in [0.1, 0.15) is 18.2 Å². The molecule has 3 nitrogen and oxygen atoms in total. The predicted octanol–water partition coefficient (Wildman–Crippen LogP) is 3.81. The van der Waals surface area contributed by atoms with Gasteiger partial charge in [-0.2, -0.15) is 0 Å². The van der Waals surface area contributed by atoms with E-state index >= 15 is 0 Å². The fourth-order valence-corrected chi connectivity index (χ4v) is 1.90. The Labute approximate surface area is 125 Å². The van der Waals surface area contributed by atoms with Gasteiger partial charge in [-0.1, -0.05) is 29.3 Å². The Morgan fingerprint density at radius 3 is 2.60 bits per heavy atom. The first-order chi connectivity index (χ1) is 9.47. The minimum atomic E-state index is -0.686. The van der Waals surface area contributed by atoms with Gasteiger partial charge in [-0.3, -0.25) is 4.79 Å². The van der Waals surface area contributed by atoms with Crippen LogP contribution in [0.25, 0.3) is 0 Å². The Bertz CT molecular complexity index is 662. The summed E-state index contributed by atoms with van der Waals surface area (Å²) in [7, 11) is 0. The Hall–Kier alpha value is -1.78. The summed E-state index contributed by atoms with van der Waals surface area (Å²) in [6.45, 7) is -0.0368. The second-order valence-corrected chi connectivity index (χ2v) is 4.88. The highest BCUT2D eigenvalue weighted by atomic mass is 35.5. The second kappa shape index (κ2) is 6.11. The van der Waals surface area contributed by atoms with Gasteiger partial charge in [-0.05, 0) is 24.3 Å². The Morgan fingerprint density at radius 2 is 1.95 bits per heavy atom. The van der Waals surface area contributed by atoms with Crippen LogP contribution in [0.5, 0.6) is 5.75 Å². The molecule has 20 heavy (non-hydrogen) atoms. The summed E-state index contributed by atoms with van der Waals surface area (Å²) in [6.07, 6.45) is 0. The van der Waals surface area contributed by atoms with Gasteiger partial charge in [-0.25, -0.2) is 4.39 Å². The van der Waals surface area contributed by atoms with Crippen LogP contribution in [0.2, 0.25) is 10.0 Å². The number of nitrogens with two attached hydrogens (primary N) is 1. The molecule has 6 heteroatoms. The molecule has 2 rings (SSSR count). The molecule has 0 aliphatic carbocycles. The number of primary amides is 1. The van der Waals surface area contributed by atoms with Crippen molar-refractivity contribution in [1.29, 1.82) is 0 Å². The Kier molecular flexibility index (Phi) is 4.47. The summed E-state index contributed by atoms with van der Waals surface area (Å²) in [6, 6.07) is 8.70. The number of hydrogen-bond donors (Lipinski definition) is 1. The molecule has 2 aromatic carbocycles. The van der Waals surface area contributed by atoms with E-state index in [1.54, 1.807) is 18.2 Å². The van der Waals surface area contributed by atoms with Crippen molar-refractivity contribution in [2.45, 2.75) is 6.61 Å². The lowest BCUT2D eigenvalue weighted by atomic mass is 10.1. The smallest absolute Gasteiger partial charge is 0.248 e. The molecular formula is C14H10Cl2FNO2. The highest BCUT2D eigenvalue weighted by molar-refractivity contribution is 6.34. The van der Waals surface area contributed by atoms with E-state index in [0.717, 1.165) is 6.07 Å². The first kappa shape index (κ1) is 14.6. The van der Waals surface area contributed by atoms with Gasteiger partial charge in [-0.15, -0.1) is 0 Å². The molecule has 0 spiro atoms. The molecule has 0 radical (unpaired) electrons. The van der Waals surface area contributed by atoms with Crippen molar-refractivity contribution in [3.63, 3.8) is 0 Å². The molecular weight excluding hydrogens is 304 g/mol. The van der Waals surface area contributed by atoms with E-state index in [9.17, 15) is 9.18 Å². The average Bonchev–Trinajstić information content (AvgIpc) is 2.40. The quantitative estimate of drug-likeness (QED) is 0.933. The van der Waals surface area contributed by atoms with E-state index in [1.807, 2.05) is 0 Å². The lowest BCUT2D eigenvalue weighted by molar-refractivity contribution is 0.0999. The van der Waals surface area contributed by atoms with Crippen molar-refractivity contribution in [3.8, 4) is 5.75 Å². The molecule has 0 fully saturated rings. The van der Waals surface area contributed by atoms with Crippen LogP contribution < -0.4 is 10.5 Å². The predicted molar refractivity (Wildman–Crippen MR) is 75.7 cm³/mol. The van der Waals surface area contributed by atoms with Gasteiger partial charge in [0.15, 0.2) is 0 Å². The summed E-state index contributed by atoms with van der Waals surface area (Å²) >= 11 is 11.8. The maximum absolute atomic E-state index is 13.7. The summed E-state index contributed by atoms with van der Waals surface area (Å²) in [5.41, 5.74) is 5.45. The molecule has 1 amide bonds. The number of halogens is 3. The zero-order valence-electron chi connectivity index (χ0n) is 10.2. The molecule has 0 unspecified atom stereocenters. The van der Waals surface area contributed by atoms with E-state index in [4.69, 9.17) is 33.7 Å². The average molecular weight is 314 g/mol. The van der Waals surface area contributed by atoms with Crippen LogP contribution in [-0.4, -0.2) is 5.91 Å². The molecule has 0 aliphatic rings. The third-order valence-electron chi connectivity index (χ3n) is 2.61. The van der Waals surface area contributed by atoms with Crippen molar-refractivity contribution < 1.29 is 13.9 Å². The third-order valence-corrected chi connectivity index (χ3v) is 3.16. The minimum absolute atomic E-state index is 0.0368. The number of carbonyl (C=O) groups is 1. The normalized spacial score (nSPS) is 10.3. The van der Waals surface area contributed by atoms with Gasteiger partial charge in [0.2, 0.25) is 5.91 Å². The van der Waals surface area contributed by atoms with Gasteiger partial charge in [0, 0.05) is 22.2 Å². The van der Waals surface area contributed by atoms with Crippen molar-refractivity contribution in [1.82, 2.24) is 0 Å². The van der Waals surface area contributed by atoms with Crippen LogP contribution in [0.1, 0.15) is 15.9 Å². The first-order valence-corrected chi connectivity index (χ1v) is 6.39. The second-order valence-electron chi connectivity index (χ2n) is 4.03. The molecule has 0 aliphatic heterocycles. The van der Waals surface area contributed by atoms with Crippen LogP contribution in [0.3, 0.4) is 0 Å². The van der Waals surface area contributed by atoms with Gasteiger partial charge < -0.3 is 10.5 Å². The molecule has 2 N–H and O–H groups in total. The maximum Gasteiger partial charge on any atom is 0.248 e. The Morgan fingerprint density at radius 1 is 1.20 bits per heavy atom. The lowest BCUT2D eigenvalue weighted by Crippen LogP contribution is -2.11. The molecule has 0 heterocycles. The van der Waals surface area contributed by atoms with E-state index in [-0.39, 0.29) is 17.7 Å². The molecule has 0 saturated heterocycles. The SMILES string of the molecule is NC(=O)c1ccc(COc2cc(Cl)ccc2Cl)c(F)c1. The standard InChI is InChI=1S/C14H10Cl2FNO2/c15-10-3-4-11(16)13(6-10)20-7-9-2-1-8(14(18)19)5-12(9)17/h1-6H,7H2,(H2,18,19). The zero-order chi connectivity index (χ0) is 14.7. The summed E-state index contributed by atoms with van der Waals surface area (Å²) in [5, 5.41) is 0.845. The minimum Gasteiger partial charge on any atom is -0.487 e. The van der Waals surface area contributed by atoms with E-state index in [1.165, 1.54) is 12.1 Å². The maximum atomic E-state index is 13.7. The molecule has 0 atom stereocenters. The number of carbonyl (C=O) groups excluding carboxylic acids is 1.